The predicted octanol–water partition coefficient (Wildman–Crippen LogP) is 4.68. The minimum atomic E-state index is -1.00. The SMILES string of the molecule is C=O.CNCc1c(F)cc(F)cc1F.CNc1cc(C=O)ccc1C(C)NCc1cc(OCCO)cc(F)c1F. The van der Waals surface area contributed by atoms with E-state index in [0.29, 0.717) is 17.7 Å². The number of hydrogen-bond acceptors (Lipinski definition) is 7. The lowest BCUT2D eigenvalue weighted by atomic mass is 10.0. The van der Waals surface area contributed by atoms with Crippen molar-refractivity contribution >= 4 is 18.8 Å². The summed E-state index contributed by atoms with van der Waals surface area (Å²) in [6.45, 7) is 3.81. The Kier molecular flexibility index (Phi) is 15.1. The fourth-order valence-corrected chi connectivity index (χ4v) is 3.53. The average Bonchev–Trinajstić information content (AvgIpc) is 2.95. The van der Waals surface area contributed by atoms with Crippen molar-refractivity contribution in [1.82, 2.24) is 10.6 Å². The Morgan fingerprint density at radius 3 is 2.15 bits per heavy atom. The summed E-state index contributed by atoms with van der Waals surface area (Å²) >= 11 is 0. The molecule has 4 N–H and O–H groups in total. The minimum Gasteiger partial charge on any atom is -0.491 e. The van der Waals surface area contributed by atoms with Gasteiger partial charge in [-0.05, 0) is 31.7 Å². The second-order valence-electron chi connectivity index (χ2n) is 8.15. The van der Waals surface area contributed by atoms with Crippen LogP contribution in [0.3, 0.4) is 0 Å². The van der Waals surface area contributed by atoms with Gasteiger partial charge in [-0.25, -0.2) is 22.0 Å². The summed E-state index contributed by atoms with van der Waals surface area (Å²) in [5.74, 6) is -4.40. The molecule has 12 heteroatoms. The van der Waals surface area contributed by atoms with Gasteiger partial charge in [-0.3, -0.25) is 4.79 Å². The number of aliphatic hydroxyl groups excluding tert-OH is 1. The number of nitrogens with one attached hydrogen (secondary N) is 3. The van der Waals surface area contributed by atoms with E-state index in [4.69, 9.17) is 14.6 Å². The predicted molar refractivity (Wildman–Crippen MR) is 142 cm³/mol. The van der Waals surface area contributed by atoms with Crippen LogP contribution >= 0.6 is 0 Å². The summed E-state index contributed by atoms with van der Waals surface area (Å²) in [7, 11) is 3.30. The van der Waals surface area contributed by atoms with Crippen molar-refractivity contribution in [3.63, 3.8) is 0 Å². The van der Waals surface area contributed by atoms with E-state index in [0.717, 1.165) is 23.6 Å². The lowest BCUT2D eigenvalue weighted by molar-refractivity contribution is -0.0980. The minimum absolute atomic E-state index is 0.00293. The van der Waals surface area contributed by atoms with Gasteiger partial charge in [-0.1, -0.05) is 12.1 Å². The molecule has 0 aromatic heterocycles. The molecule has 1 unspecified atom stereocenters. The standard InChI is InChI=1S/C19H22F2N2O3.C8H8F3N.CH2O/c1-12(16-4-3-13(11-25)7-18(16)22-2)23-10-14-8-15(26-6-5-24)9-17(20)19(14)21;1-12-4-6-7(10)2-5(9)3-8(6)11;1-2/h3-4,7-9,11-12,22-24H,5-6,10H2,1-2H3;2-3,12H,4H2,1H3;1H2. The van der Waals surface area contributed by atoms with E-state index in [1.807, 2.05) is 19.8 Å². The Balaban J connectivity index is 0.000000477. The first-order valence-corrected chi connectivity index (χ1v) is 11.9. The maximum atomic E-state index is 14.0. The van der Waals surface area contributed by atoms with E-state index in [1.54, 1.807) is 26.2 Å². The molecule has 0 saturated carbocycles. The molecule has 40 heavy (non-hydrogen) atoms. The molecule has 3 aromatic rings. The van der Waals surface area contributed by atoms with Gasteiger partial charge in [0.25, 0.3) is 0 Å². The van der Waals surface area contributed by atoms with Crippen LogP contribution in [-0.2, 0) is 17.9 Å². The normalized spacial score (nSPS) is 10.9. The van der Waals surface area contributed by atoms with Gasteiger partial charge in [0.1, 0.15) is 42.9 Å². The molecule has 3 rings (SSSR count). The Labute approximate surface area is 229 Å². The smallest absolute Gasteiger partial charge is 0.163 e. The molecule has 0 spiro atoms. The third-order valence-corrected chi connectivity index (χ3v) is 5.44. The number of benzene rings is 3. The summed E-state index contributed by atoms with van der Waals surface area (Å²) in [6.07, 6.45) is 0.763. The summed E-state index contributed by atoms with van der Waals surface area (Å²) in [6, 6.07) is 8.74. The molecule has 0 bridgehead atoms. The van der Waals surface area contributed by atoms with Crippen molar-refractivity contribution in [3.05, 3.63) is 93.8 Å². The molecular weight excluding hydrogens is 537 g/mol. The number of carbonyl (C=O) groups is 2. The van der Waals surface area contributed by atoms with Crippen LogP contribution in [-0.4, -0.2) is 45.5 Å². The largest absolute Gasteiger partial charge is 0.491 e. The lowest BCUT2D eigenvalue weighted by Gasteiger charge is -2.19. The highest BCUT2D eigenvalue weighted by atomic mass is 19.2. The van der Waals surface area contributed by atoms with Gasteiger partial charge in [0.05, 0.1) is 6.61 Å². The molecule has 0 fully saturated rings. The zero-order chi connectivity index (χ0) is 30.2. The van der Waals surface area contributed by atoms with Gasteiger partial charge < -0.3 is 30.6 Å². The fourth-order valence-electron chi connectivity index (χ4n) is 3.53. The van der Waals surface area contributed by atoms with Gasteiger partial charge in [-0.2, -0.15) is 0 Å². The van der Waals surface area contributed by atoms with Crippen LogP contribution in [0.1, 0.15) is 40.0 Å². The second kappa shape index (κ2) is 17.7. The van der Waals surface area contributed by atoms with E-state index in [9.17, 15) is 26.7 Å². The van der Waals surface area contributed by atoms with Crippen LogP contribution in [0.25, 0.3) is 0 Å². The van der Waals surface area contributed by atoms with Crippen LogP contribution in [0.15, 0.2) is 42.5 Å². The molecule has 0 aliphatic carbocycles. The van der Waals surface area contributed by atoms with Crippen LogP contribution in [0.5, 0.6) is 5.75 Å². The highest BCUT2D eigenvalue weighted by molar-refractivity contribution is 5.78. The first kappa shape index (κ1) is 34.2. The molecule has 3 aromatic carbocycles. The van der Waals surface area contributed by atoms with Crippen molar-refractivity contribution < 1.29 is 41.4 Å². The third-order valence-electron chi connectivity index (χ3n) is 5.44. The van der Waals surface area contributed by atoms with Gasteiger partial charge in [0, 0.05) is 66.8 Å². The highest BCUT2D eigenvalue weighted by Crippen LogP contribution is 2.25. The number of halogens is 5. The van der Waals surface area contributed by atoms with E-state index in [2.05, 4.69) is 16.0 Å². The first-order valence-electron chi connectivity index (χ1n) is 11.9. The highest BCUT2D eigenvalue weighted by Gasteiger charge is 2.15. The van der Waals surface area contributed by atoms with Gasteiger partial charge in [-0.15, -0.1) is 0 Å². The number of carbonyl (C=O) groups excluding carboxylic acids is 2. The number of hydrogen-bond donors (Lipinski definition) is 4. The van der Waals surface area contributed by atoms with Gasteiger partial charge in [0.2, 0.25) is 0 Å². The summed E-state index contributed by atoms with van der Waals surface area (Å²) in [5, 5.41) is 17.5. The van der Waals surface area contributed by atoms with Crippen LogP contribution < -0.4 is 20.7 Å². The van der Waals surface area contributed by atoms with Crippen molar-refractivity contribution in [2.45, 2.75) is 26.1 Å². The quantitative estimate of drug-likeness (QED) is 0.197. The van der Waals surface area contributed by atoms with E-state index < -0.39 is 29.1 Å². The van der Waals surface area contributed by atoms with Crippen molar-refractivity contribution in [3.8, 4) is 5.75 Å². The summed E-state index contributed by atoms with van der Waals surface area (Å²) in [4.78, 5) is 18.9. The lowest BCUT2D eigenvalue weighted by Crippen LogP contribution is -2.20. The average molecular weight is 570 g/mol. The molecule has 0 amide bonds. The van der Waals surface area contributed by atoms with Crippen LogP contribution in [0, 0.1) is 29.1 Å². The topological polar surface area (TPSA) is 99.7 Å². The van der Waals surface area contributed by atoms with Crippen LogP contribution in [0.2, 0.25) is 0 Å². The molecule has 0 radical (unpaired) electrons. The van der Waals surface area contributed by atoms with Crippen molar-refractivity contribution in [2.24, 2.45) is 0 Å². The van der Waals surface area contributed by atoms with E-state index >= 15 is 0 Å². The Bertz CT molecular complexity index is 1220. The Morgan fingerprint density at radius 2 is 1.60 bits per heavy atom. The zero-order valence-electron chi connectivity index (χ0n) is 22.3. The molecule has 0 aliphatic heterocycles. The first-order chi connectivity index (χ1) is 19.1. The number of aldehydes is 1. The third kappa shape index (κ3) is 10.0. The number of anilines is 1. The van der Waals surface area contributed by atoms with Gasteiger partial charge >= 0.3 is 0 Å². The second-order valence-corrected chi connectivity index (χ2v) is 8.15. The molecule has 1 atom stereocenters. The Hall–Kier alpha value is -3.87. The molecule has 7 nitrogen and oxygen atoms in total. The van der Waals surface area contributed by atoms with Crippen molar-refractivity contribution in [2.75, 3.05) is 32.6 Å². The van der Waals surface area contributed by atoms with Crippen LogP contribution in [0.4, 0.5) is 27.6 Å². The maximum absolute atomic E-state index is 14.0. The number of aliphatic hydroxyl groups is 1. The Morgan fingerprint density at radius 1 is 0.950 bits per heavy atom. The fraction of sp³-hybridized carbons (Fsp3) is 0.286. The molecule has 0 heterocycles. The molecular formula is C28H32F5N3O4. The van der Waals surface area contributed by atoms with Gasteiger partial charge in [0.15, 0.2) is 11.6 Å². The zero-order valence-corrected chi connectivity index (χ0v) is 22.3. The molecule has 0 saturated heterocycles. The van der Waals surface area contributed by atoms with E-state index in [1.165, 1.54) is 6.07 Å². The summed E-state index contributed by atoms with van der Waals surface area (Å²) in [5.41, 5.74) is 2.21. The van der Waals surface area contributed by atoms with Crippen molar-refractivity contribution in [1.29, 1.82) is 0 Å². The molecule has 218 valence electrons. The number of ether oxygens (including phenoxy) is 1. The number of rotatable bonds is 11. The summed E-state index contributed by atoms with van der Waals surface area (Å²) < 4.78 is 70.8. The maximum Gasteiger partial charge on any atom is 0.163 e. The van der Waals surface area contributed by atoms with E-state index in [-0.39, 0.29) is 49.2 Å². The molecule has 0 aliphatic rings. The monoisotopic (exact) mass is 569 g/mol.